The van der Waals surface area contributed by atoms with E-state index >= 15 is 0 Å². The zero-order chi connectivity index (χ0) is 39.3. The van der Waals surface area contributed by atoms with Gasteiger partial charge in [0.05, 0.1) is 13.1 Å². The van der Waals surface area contributed by atoms with Crippen LogP contribution in [0.4, 0.5) is 0 Å². The predicted octanol–water partition coefficient (Wildman–Crippen LogP) is 14.6. The first-order chi connectivity index (χ1) is 26.3. The summed E-state index contributed by atoms with van der Waals surface area (Å²) in [5.74, 6) is 0.518. The fraction of sp³-hybridized carbons (Fsp3) is 0.269. The lowest BCUT2D eigenvalue weighted by atomic mass is 9.77. The van der Waals surface area contributed by atoms with E-state index in [2.05, 4.69) is 197 Å². The van der Waals surface area contributed by atoms with Crippen LogP contribution in [0.25, 0.3) is 16.7 Å². The molecule has 1 aliphatic carbocycles. The predicted molar refractivity (Wildman–Crippen MR) is 240 cm³/mol. The highest BCUT2D eigenvalue weighted by atomic mass is 14.7. The molecule has 2 heteroatoms. The van der Waals surface area contributed by atoms with E-state index in [1.807, 2.05) is 39.8 Å². The van der Waals surface area contributed by atoms with Crippen LogP contribution in [0.3, 0.4) is 0 Å². The molecular formula is C52H62N2. The van der Waals surface area contributed by atoms with Gasteiger partial charge in [0.25, 0.3) is 0 Å². The van der Waals surface area contributed by atoms with Gasteiger partial charge in [0.15, 0.2) is 0 Å². The third kappa shape index (κ3) is 12.4. The van der Waals surface area contributed by atoms with Gasteiger partial charge in [-0.15, -0.1) is 0 Å². The van der Waals surface area contributed by atoms with Crippen LogP contribution in [-0.2, 0) is 18.5 Å². The van der Waals surface area contributed by atoms with Crippen LogP contribution in [-0.4, -0.2) is 12.4 Å². The summed E-state index contributed by atoms with van der Waals surface area (Å²) in [6.45, 7) is 24.0. The summed E-state index contributed by atoms with van der Waals surface area (Å²) >= 11 is 0. The van der Waals surface area contributed by atoms with Gasteiger partial charge in [-0.1, -0.05) is 205 Å². The summed E-state index contributed by atoms with van der Waals surface area (Å²) in [6.07, 6.45) is 10.1. The second-order valence-electron chi connectivity index (χ2n) is 13.6. The van der Waals surface area contributed by atoms with Crippen LogP contribution in [0.5, 0.6) is 0 Å². The highest BCUT2D eigenvalue weighted by molar-refractivity contribution is 5.99. The van der Waals surface area contributed by atoms with Gasteiger partial charge in [0.2, 0.25) is 0 Å². The fourth-order valence-electron chi connectivity index (χ4n) is 6.33. The summed E-state index contributed by atoms with van der Waals surface area (Å²) in [5.41, 5.74) is 14.0. The number of hydrogen-bond donors (Lipinski definition) is 0. The first-order valence-corrected chi connectivity index (χ1v) is 19.6. The Morgan fingerprint density at radius 1 is 0.648 bits per heavy atom. The van der Waals surface area contributed by atoms with Crippen LogP contribution in [0.2, 0.25) is 0 Å². The van der Waals surface area contributed by atoms with Crippen LogP contribution < -0.4 is 0 Å². The van der Waals surface area contributed by atoms with E-state index in [0.717, 1.165) is 18.7 Å². The molecule has 0 bridgehead atoms. The maximum atomic E-state index is 4.68. The number of allylic oxidation sites excluding steroid dienone is 6. The minimum absolute atomic E-state index is 0.0381. The molecule has 0 spiro atoms. The maximum absolute atomic E-state index is 4.68. The summed E-state index contributed by atoms with van der Waals surface area (Å²) in [6, 6.07) is 47.2. The minimum Gasteiger partial charge on any atom is -0.296 e. The molecule has 0 N–H and O–H groups in total. The number of benzene rings is 5. The van der Waals surface area contributed by atoms with Gasteiger partial charge in [-0.25, -0.2) is 0 Å². The summed E-state index contributed by atoms with van der Waals surface area (Å²) < 4.78 is 0. The van der Waals surface area contributed by atoms with Crippen molar-refractivity contribution in [2.45, 2.75) is 87.2 Å². The van der Waals surface area contributed by atoms with E-state index in [9.17, 15) is 0 Å². The number of rotatable bonds is 10. The Kier molecular flexibility index (Phi) is 18.1. The first kappa shape index (κ1) is 43.1. The SMILES string of the molecule is C=NCc1ccc(C(C)(C)c2ccc(C3=CC=C(C)C(/C=C\C)C3)cc2)cc1.CC.CC.CC(=NCc1ccccc1)c1ccc(-c2ccccc2)cc1. The monoisotopic (exact) mass is 714 g/mol. The van der Waals surface area contributed by atoms with E-state index in [1.165, 1.54) is 55.7 Å². The number of nitrogens with zero attached hydrogens (tertiary/aromatic N) is 2. The normalized spacial score (nSPS) is 13.9. The Morgan fingerprint density at radius 3 is 1.70 bits per heavy atom. The van der Waals surface area contributed by atoms with Crippen molar-refractivity contribution in [2.24, 2.45) is 15.9 Å². The van der Waals surface area contributed by atoms with Crippen LogP contribution in [0.15, 0.2) is 173 Å². The Morgan fingerprint density at radius 2 is 1.15 bits per heavy atom. The van der Waals surface area contributed by atoms with Gasteiger partial charge in [-0.05, 0) is 84.0 Å². The number of hydrogen-bond acceptors (Lipinski definition) is 2. The summed E-state index contributed by atoms with van der Waals surface area (Å²) in [4.78, 5) is 8.65. The van der Waals surface area contributed by atoms with E-state index in [1.54, 1.807) is 0 Å². The highest BCUT2D eigenvalue weighted by Crippen LogP contribution is 2.35. The van der Waals surface area contributed by atoms with Crippen molar-refractivity contribution >= 4 is 18.0 Å². The number of aliphatic imine (C=N–C) groups is 2. The largest absolute Gasteiger partial charge is 0.296 e. The van der Waals surface area contributed by atoms with Gasteiger partial charge in [-0.3, -0.25) is 9.98 Å². The zero-order valence-electron chi connectivity index (χ0n) is 34.3. The molecule has 1 aliphatic rings. The van der Waals surface area contributed by atoms with E-state index < -0.39 is 0 Å². The third-order valence-electron chi connectivity index (χ3n) is 9.70. The molecule has 0 aliphatic heterocycles. The average Bonchev–Trinajstić information content (AvgIpc) is 3.24. The highest BCUT2D eigenvalue weighted by Gasteiger charge is 2.23. The van der Waals surface area contributed by atoms with Gasteiger partial charge in [0.1, 0.15) is 0 Å². The third-order valence-corrected chi connectivity index (χ3v) is 9.70. The summed E-state index contributed by atoms with van der Waals surface area (Å²) in [5, 5.41) is 0. The Hall–Kier alpha value is -5.34. The molecule has 0 heterocycles. The Bertz CT molecular complexity index is 1940. The molecule has 0 amide bonds. The van der Waals surface area contributed by atoms with Gasteiger partial charge < -0.3 is 0 Å². The van der Waals surface area contributed by atoms with Crippen LogP contribution >= 0.6 is 0 Å². The molecule has 5 aromatic carbocycles. The Balaban J connectivity index is 0.000000272. The van der Waals surface area contributed by atoms with E-state index in [4.69, 9.17) is 0 Å². The first-order valence-electron chi connectivity index (χ1n) is 19.6. The Labute approximate surface area is 327 Å². The zero-order valence-corrected chi connectivity index (χ0v) is 34.3. The van der Waals surface area contributed by atoms with Gasteiger partial charge >= 0.3 is 0 Å². The smallest absolute Gasteiger partial charge is 0.0643 e. The lowest BCUT2D eigenvalue weighted by molar-refractivity contribution is 0.640. The van der Waals surface area contributed by atoms with Crippen molar-refractivity contribution in [3.8, 4) is 11.1 Å². The molecule has 1 unspecified atom stereocenters. The molecule has 0 aromatic heterocycles. The molecule has 5 aromatic rings. The standard InChI is InChI=1S/C27H31N.C21H19N.2C2H6/c1-6-7-23-18-24(11-8-20(23)2)22-12-16-26(17-13-22)27(3,4)25-14-9-21(10-15-25)19-28-5;1-17(22-16-18-8-4-2-5-9-18)19-12-14-21(15-13-19)20-10-6-3-7-11-20;2*1-2/h6-17,23H,5,18-19H2,1-4H3;2-15H,16H2,1H3;2*1-2H3/b7-6-;;;. The summed E-state index contributed by atoms with van der Waals surface area (Å²) in [7, 11) is 0. The van der Waals surface area contributed by atoms with Crippen molar-refractivity contribution in [3.63, 3.8) is 0 Å². The maximum Gasteiger partial charge on any atom is 0.0643 e. The quantitative estimate of drug-likeness (QED) is 0.102. The van der Waals surface area contributed by atoms with E-state index in [-0.39, 0.29) is 5.41 Å². The van der Waals surface area contributed by atoms with Crippen molar-refractivity contribution in [1.82, 2.24) is 0 Å². The van der Waals surface area contributed by atoms with Crippen molar-refractivity contribution in [3.05, 3.63) is 197 Å². The van der Waals surface area contributed by atoms with Crippen LogP contribution in [0.1, 0.15) is 102 Å². The van der Waals surface area contributed by atoms with Crippen molar-refractivity contribution in [1.29, 1.82) is 0 Å². The second-order valence-corrected chi connectivity index (χ2v) is 13.6. The topological polar surface area (TPSA) is 24.7 Å². The van der Waals surface area contributed by atoms with E-state index in [0.29, 0.717) is 12.5 Å². The molecule has 0 radical (unpaired) electrons. The molecule has 0 fully saturated rings. The minimum atomic E-state index is -0.0381. The lowest BCUT2D eigenvalue weighted by Crippen LogP contribution is -2.18. The molecule has 1 atom stereocenters. The molecular weight excluding hydrogens is 653 g/mol. The second kappa shape index (κ2) is 22.7. The lowest BCUT2D eigenvalue weighted by Gasteiger charge is -2.27. The molecule has 0 saturated carbocycles. The average molecular weight is 715 g/mol. The molecule has 2 nitrogen and oxygen atoms in total. The van der Waals surface area contributed by atoms with Gasteiger partial charge in [0, 0.05) is 17.0 Å². The van der Waals surface area contributed by atoms with Gasteiger partial charge in [-0.2, -0.15) is 0 Å². The van der Waals surface area contributed by atoms with Crippen molar-refractivity contribution in [2.75, 3.05) is 0 Å². The molecule has 280 valence electrons. The van der Waals surface area contributed by atoms with Crippen LogP contribution in [0, 0.1) is 5.92 Å². The fourth-order valence-corrected chi connectivity index (χ4v) is 6.33. The molecule has 6 rings (SSSR count). The molecule has 54 heavy (non-hydrogen) atoms. The molecule has 0 saturated heterocycles. The van der Waals surface area contributed by atoms with Crippen molar-refractivity contribution < 1.29 is 0 Å².